The van der Waals surface area contributed by atoms with Gasteiger partial charge in [0.1, 0.15) is 12.3 Å². The Kier molecular flexibility index (Phi) is 4.99. The molecule has 1 aromatic carbocycles. The van der Waals surface area contributed by atoms with Gasteiger partial charge in [0.2, 0.25) is 5.91 Å². The number of amides is 2. The molecule has 0 aliphatic carbocycles. The number of benzene rings is 1. The van der Waals surface area contributed by atoms with Crippen LogP contribution in [0.4, 0.5) is 18.9 Å². The lowest BCUT2D eigenvalue weighted by molar-refractivity contribution is -0.142. The molecular weight excluding hydrogens is 369 g/mol. The Bertz CT molecular complexity index is 821. The molecule has 1 aliphatic rings. The van der Waals surface area contributed by atoms with Gasteiger partial charge in [-0.25, -0.2) is 0 Å². The van der Waals surface area contributed by atoms with Crippen LogP contribution >= 0.6 is 11.8 Å². The summed E-state index contributed by atoms with van der Waals surface area (Å²) < 4.78 is 43.7. The van der Waals surface area contributed by atoms with E-state index in [2.05, 4.69) is 5.32 Å². The van der Waals surface area contributed by atoms with Crippen molar-refractivity contribution in [2.24, 2.45) is 0 Å². The van der Waals surface area contributed by atoms with Crippen molar-refractivity contribution in [2.75, 3.05) is 11.9 Å². The van der Waals surface area contributed by atoms with Crippen LogP contribution in [0.1, 0.15) is 23.0 Å². The number of rotatable bonds is 4. The van der Waals surface area contributed by atoms with E-state index in [1.165, 1.54) is 36.2 Å². The number of anilines is 1. The zero-order valence-electron chi connectivity index (χ0n) is 13.7. The Morgan fingerprint density at radius 2 is 2.12 bits per heavy atom. The van der Waals surface area contributed by atoms with E-state index >= 15 is 0 Å². The summed E-state index contributed by atoms with van der Waals surface area (Å²) >= 11 is 1.33. The third-order valence-electron chi connectivity index (χ3n) is 3.74. The lowest BCUT2D eigenvalue weighted by atomic mass is 10.1. The van der Waals surface area contributed by atoms with Crippen molar-refractivity contribution < 1.29 is 27.2 Å². The minimum atomic E-state index is -4.55. The highest BCUT2D eigenvalue weighted by molar-refractivity contribution is 8.00. The average Bonchev–Trinajstić information content (AvgIpc) is 3.06. The van der Waals surface area contributed by atoms with Gasteiger partial charge < -0.3 is 14.6 Å². The maximum Gasteiger partial charge on any atom is 0.406 e. The molecule has 1 aromatic heterocycles. The van der Waals surface area contributed by atoms with Crippen LogP contribution in [0, 0.1) is 0 Å². The monoisotopic (exact) mass is 384 g/mol. The number of thioether (sulfide) groups is 1. The number of hydrogen-bond donors (Lipinski definition) is 1. The molecule has 138 valence electrons. The Morgan fingerprint density at radius 3 is 2.77 bits per heavy atom. The topological polar surface area (TPSA) is 62.6 Å². The second-order valence-electron chi connectivity index (χ2n) is 5.82. The first-order valence-electron chi connectivity index (χ1n) is 7.73. The van der Waals surface area contributed by atoms with Gasteiger partial charge in [-0.3, -0.25) is 9.59 Å². The van der Waals surface area contributed by atoms with Crippen LogP contribution in [0.15, 0.2) is 45.9 Å². The molecule has 0 fully saturated rings. The van der Waals surface area contributed by atoms with Crippen molar-refractivity contribution in [3.8, 4) is 0 Å². The fraction of sp³-hybridized carbons (Fsp3) is 0.294. The average molecular weight is 384 g/mol. The van der Waals surface area contributed by atoms with Gasteiger partial charge in [-0.05, 0) is 37.3 Å². The number of fused-ring (bicyclic) bond motifs is 1. The number of carbonyl (C=O) groups excluding carboxylic acids is 2. The molecule has 0 saturated carbocycles. The van der Waals surface area contributed by atoms with Crippen LogP contribution in [0.25, 0.3) is 0 Å². The smallest absolute Gasteiger partial charge is 0.406 e. The fourth-order valence-corrected chi connectivity index (χ4v) is 3.46. The lowest BCUT2D eigenvalue weighted by Crippen LogP contribution is -2.38. The SMILES string of the molecule is CC1Sc2ccc(C(=O)N(Cc3ccco3)CC(F)(F)F)cc2NC1=O. The molecule has 1 N–H and O–H groups in total. The number of hydrogen-bond acceptors (Lipinski definition) is 4. The van der Waals surface area contributed by atoms with Crippen molar-refractivity contribution >= 4 is 29.3 Å². The van der Waals surface area contributed by atoms with E-state index < -0.39 is 18.6 Å². The highest BCUT2D eigenvalue weighted by Crippen LogP contribution is 2.36. The summed E-state index contributed by atoms with van der Waals surface area (Å²) in [6.45, 7) is 0.0404. The van der Waals surface area contributed by atoms with Gasteiger partial charge in [-0.2, -0.15) is 13.2 Å². The van der Waals surface area contributed by atoms with Crippen molar-refractivity contribution in [1.82, 2.24) is 4.90 Å². The Labute approximate surface area is 151 Å². The molecule has 2 aromatic rings. The minimum Gasteiger partial charge on any atom is -0.467 e. The van der Waals surface area contributed by atoms with Crippen molar-refractivity contribution in [1.29, 1.82) is 0 Å². The summed E-state index contributed by atoms with van der Waals surface area (Å²) in [5.41, 5.74) is 0.490. The lowest BCUT2D eigenvalue weighted by Gasteiger charge is -2.25. The number of alkyl halides is 3. The third-order valence-corrected chi connectivity index (χ3v) is 4.92. The zero-order chi connectivity index (χ0) is 18.9. The quantitative estimate of drug-likeness (QED) is 0.868. The van der Waals surface area contributed by atoms with Gasteiger partial charge in [-0.15, -0.1) is 11.8 Å². The fourth-order valence-electron chi connectivity index (χ4n) is 2.53. The summed E-state index contributed by atoms with van der Waals surface area (Å²) in [6, 6.07) is 7.53. The maximum atomic E-state index is 12.9. The first kappa shape index (κ1) is 18.4. The number of furan rings is 1. The van der Waals surface area contributed by atoms with Gasteiger partial charge in [-0.1, -0.05) is 0 Å². The van der Waals surface area contributed by atoms with Crippen LogP contribution < -0.4 is 5.32 Å². The summed E-state index contributed by atoms with van der Waals surface area (Å²) in [5, 5.41) is 2.39. The number of carbonyl (C=O) groups is 2. The molecule has 0 saturated heterocycles. The zero-order valence-corrected chi connectivity index (χ0v) is 14.5. The predicted molar refractivity (Wildman–Crippen MR) is 89.9 cm³/mol. The van der Waals surface area contributed by atoms with Crippen molar-refractivity contribution in [3.05, 3.63) is 47.9 Å². The maximum absolute atomic E-state index is 12.9. The highest BCUT2D eigenvalue weighted by atomic mass is 32.2. The van der Waals surface area contributed by atoms with Crippen LogP contribution in [0.3, 0.4) is 0 Å². The third kappa shape index (κ3) is 4.21. The predicted octanol–water partition coefficient (Wildman–Crippen LogP) is 3.92. The van der Waals surface area contributed by atoms with Crippen LogP contribution in [-0.2, 0) is 11.3 Å². The molecule has 1 aliphatic heterocycles. The van der Waals surface area contributed by atoms with Gasteiger partial charge in [0.15, 0.2) is 0 Å². The second kappa shape index (κ2) is 7.06. The molecule has 1 unspecified atom stereocenters. The van der Waals surface area contributed by atoms with E-state index in [-0.39, 0.29) is 29.0 Å². The number of halogens is 3. The van der Waals surface area contributed by atoms with Gasteiger partial charge >= 0.3 is 6.18 Å². The molecular formula is C17H15F3N2O3S. The highest BCUT2D eigenvalue weighted by Gasteiger charge is 2.34. The molecule has 2 heterocycles. The molecule has 3 rings (SSSR count). The van der Waals surface area contributed by atoms with E-state index in [1.807, 2.05) is 0 Å². The first-order chi connectivity index (χ1) is 12.2. The van der Waals surface area contributed by atoms with E-state index in [0.29, 0.717) is 10.6 Å². The molecule has 2 amide bonds. The molecule has 5 nitrogen and oxygen atoms in total. The molecule has 1 atom stereocenters. The van der Waals surface area contributed by atoms with Gasteiger partial charge in [0.05, 0.1) is 23.7 Å². The number of nitrogens with zero attached hydrogens (tertiary/aromatic N) is 1. The number of nitrogens with one attached hydrogen (secondary N) is 1. The summed E-state index contributed by atoms with van der Waals surface area (Å²) in [4.78, 5) is 25.9. The Balaban J connectivity index is 1.86. The summed E-state index contributed by atoms with van der Waals surface area (Å²) in [6.07, 6.45) is -3.21. The largest absolute Gasteiger partial charge is 0.467 e. The second-order valence-corrected chi connectivity index (χ2v) is 7.20. The summed E-state index contributed by atoms with van der Waals surface area (Å²) in [5.74, 6) is -0.757. The molecule has 9 heteroatoms. The normalized spacial score (nSPS) is 16.8. The van der Waals surface area contributed by atoms with Gasteiger partial charge in [0.25, 0.3) is 5.91 Å². The van der Waals surface area contributed by atoms with E-state index in [0.717, 1.165) is 4.90 Å². The molecule has 26 heavy (non-hydrogen) atoms. The van der Waals surface area contributed by atoms with Crippen LogP contribution in [0.2, 0.25) is 0 Å². The molecule has 0 bridgehead atoms. The Morgan fingerprint density at radius 1 is 1.35 bits per heavy atom. The van der Waals surface area contributed by atoms with E-state index in [9.17, 15) is 22.8 Å². The van der Waals surface area contributed by atoms with E-state index in [1.54, 1.807) is 19.1 Å². The van der Waals surface area contributed by atoms with Gasteiger partial charge in [0, 0.05) is 10.5 Å². The molecule has 0 spiro atoms. The van der Waals surface area contributed by atoms with Crippen LogP contribution in [-0.4, -0.2) is 34.7 Å². The standard InChI is InChI=1S/C17H15F3N2O3S/c1-10-15(23)21-13-7-11(4-5-14(13)26-10)16(24)22(9-17(18,19)20)8-12-3-2-6-25-12/h2-7,10H,8-9H2,1H3,(H,21,23). The molecule has 0 radical (unpaired) electrons. The summed E-state index contributed by atoms with van der Waals surface area (Å²) in [7, 11) is 0. The van der Waals surface area contributed by atoms with E-state index in [4.69, 9.17) is 4.42 Å². The van der Waals surface area contributed by atoms with Crippen molar-refractivity contribution in [3.63, 3.8) is 0 Å². The first-order valence-corrected chi connectivity index (χ1v) is 8.61. The van der Waals surface area contributed by atoms with Crippen molar-refractivity contribution in [2.45, 2.75) is 29.8 Å². The Hall–Kier alpha value is -2.42. The minimum absolute atomic E-state index is 0.0648. The van der Waals surface area contributed by atoms with Crippen LogP contribution in [0.5, 0.6) is 0 Å².